The lowest BCUT2D eigenvalue weighted by Crippen LogP contribution is -2.08. The number of aromatic nitrogens is 2. The zero-order valence-electron chi connectivity index (χ0n) is 13.6. The molecule has 0 bridgehead atoms. The van der Waals surface area contributed by atoms with Gasteiger partial charge in [-0.2, -0.15) is 4.98 Å². The molecule has 6 nitrogen and oxygen atoms in total. The van der Waals surface area contributed by atoms with E-state index in [9.17, 15) is 9.18 Å². The number of carbonyl (C=O) groups is 1. The van der Waals surface area contributed by atoms with E-state index in [0.717, 1.165) is 5.56 Å². The molecule has 0 aliphatic heterocycles. The zero-order chi connectivity index (χ0) is 17.6. The molecule has 2 N–H and O–H groups in total. The van der Waals surface area contributed by atoms with Gasteiger partial charge in [0.05, 0.1) is 12.2 Å². The van der Waals surface area contributed by atoms with Crippen LogP contribution in [0.4, 0.5) is 15.8 Å². The van der Waals surface area contributed by atoms with Crippen molar-refractivity contribution in [1.82, 2.24) is 10.1 Å². The average Bonchev–Trinajstić information content (AvgIpc) is 3.03. The van der Waals surface area contributed by atoms with Crippen molar-refractivity contribution in [2.45, 2.75) is 19.9 Å². The fourth-order valence-corrected chi connectivity index (χ4v) is 2.31. The third-order valence-electron chi connectivity index (χ3n) is 3.44. The summed E-state index contributed by atoms with van der Waals surface area (Å²) < 4.78 is 18.8. The number of hydrogen-bond acceptors (Lipinski definition) is 5. The highest BCUT2D eigenvalue weighted by Gasteiger charge is 2.09. The van der Waals surface area contributed by atoms with E-state index in [0.29, 0.717) is 30.4 Å². The van der Waals surface area contributed by atoms with E-state index in [-0.39, 0.29) is 11.6 Å². The van der Waals surface area contributed by atoms with Crippen LogP contribution in [-0.2, 0) is 17.8 Å². The van der Waals surface area contributed by atoms with E-state index in [1.807, 2.05) is 30.3 Å². The van der Waals surface area contributed by atoms with Crippen molar-refractivity contribution in [1.29, 1.82) is 0 Å². The molecule has 0 saturated heterocycles. The Kier molecular flexibility index (Phi) is 5.03. The number of nitrogens with zero attached hydrogens (tertiary/aromatic N) is 2. The molecule has 3 rings (SSSR count). The van der Waals surface area contributed by atoms with Gasteiger partial charge in [-0.15, -0.1) is 0 Å². The molecule has 0 aliphatic carbocycles. The normalized spacial score (nSPS) is 10.5. The molecular weight excluding hydrogens is 323 g/mol. The number of carbonyl (C=O) groups excluding carboxylic acids is 1. The largest absolute Gasteiger partial charge is 0.376 e. The fraction of sp³-hybridized carbons (Fsp3) is 0.167. The van der Waals surface area contributed by atoms with Gasteiger partial charge in [-0.25, -0.2) is 4.39 Å². The minimum absolute atomic E-state index is 0.118. The number of hydrogen-bond donors (Lipinski definition) is 2. The number of anilines is 2. The molecule has 0 saturated carbocycles. The molecule has 0 spiro atoms. The van der Waals surface area contributed by atoms with Crippen LogP contribution in [0.25, 0.3) is 0 Å². The Bertz CT molecular complexity index is 865. The van der Waals surface area contributed by atoms with Crippen molar-refractivity contribution >= 4 is 17.3 Å². The molecule has 0 fully saturated rings. The molecule has 1 amide bonds. The van der Waals surface area contributed by atoms with Gasteiger partial charge >= 0.3 is 0 Å². The predicted octanol–water partition coefficient (Wildman–Crippen LogP) is 3.37. The van der Waals surface area contributed by atoms with Crippen molar-refractivity contribution in [3.8, 4) is 0 Å². The second-order valence-electron chi connectivity index (χ2n) is 5.50. The van der Waals surface area contributed by atoms with Crippen LogP contribution >= 0.6 is 0 Å². The summed E-state index contributed by atoms with van der Waals surface area (Å²) in [7, 11) is 0. The number of benzene rings is 2. The first-order valence-corrected chi connectivity index (χ1v) is 7.76. The Hall–Kier alpha value is -3.22. The van der Waals surface area contributed by atoms with Gasteiger partial charge in [-0.3, -0.25) is 4.79 Å². The summed E-state index contributed by atoms with van der Waals surface area (Å²) in [6, 6.07) is 14.2. The van der Waals surface area contributed by atoms with Crippen molar-refractivity contribution in [2.24, 2.45) is 0 Å². The lowest BCUT2D eigenvalue weighted by molar-refractivity contribution is -0.114. The molecule has 3 aromatic rings. The minimum Gasteiger partial charge on any atom is -0.376 e. The lowest BCUT2D eigenvalue weighted by Gasteiger charge is -2.08. The molecule has 128 valence electrons. The second kappa shape index (κ2) is 7.57. The van der Waals surface area contributed by atoms with Gasteiger partial charge < -0.3 is 15.2 Å². The van der Waals surface area contributed by atoms with Crippen LogP contribution in [-0.4, -0.2) is 16.0 Å². The molecule has 7 heteroatoms. The van der Waals surface area contributed by atoms with Gasteiger partial charge in [0.2, 0.25) is 11.8 Å². The van der Waals surface area contributed by atoms with E-state index < -0.39 is 5.82 Å². The van der Waals surface area contributed by atoms with Crippen molar-refractivity contribution in [3.05, 3.63) is 71.6 Å². The van der Waals surface area contributed by atoms with Crippen molar-refractivity contribution < 1.29 is 13.7 Å². The summed E-state index contributed by atoms with van der Waals surface area (Å²) in [5, 5.41) is 9.45. The Morgan fingerprint density at radius 1 is 1.20 bits per heavy atom. The predicted molar refractivity (Wildman–Crippen MR) is 91.6 cm³/mol. The topological polar surface area (TPSA) is 80.0 Å². The van der Waals surface area contributed by atoms with Crippen LogP contribution in [0.2, 0.25) is 0 Å². The molecule has 25 heavy (non-hydrogen) atoms. The maximum Gasteiger partial charge on any atom is 0.245 e. The van der Waals surface area contributed by atoms with Gasteiger partial charge in [0.15, 0.2) is 5.82 Å². The Balaban J connectivity index is 1.61. The van der Waals surface area contributed by atoms with Gasteiger partial charge in [-0.1, -0.05) is 35.5 Å². The van der Waals surface area contributed by atoms with Crippen LogP contribution < -0.4 is 10.6 Å². The van der Waals surface area contributed by atoms with Crippen LogP contribution in [0.5, 0.6) is 0 Å². The van der Waals surface area contributed by atoms with Crippen molar-refractivity contribution in [2.75, 3.05) is 10.6 Å². The Morgan fingerprint density at radius 2 is 2.00 bits per heavy atom. The van der Waals surface area contributed by atoms with E-state index >= 15 is 0 Å². The first-order valence-electron chi connectivity index (χ1n) is 7.76. The third-order valence-corrected chi connectivity index (χ3v) is 3.44. The number of halogens is 1. The maximum atomic E-state index is 13.6. The van der Waals surface area contributed by atoms with Gasteiger partial charge in [0.25, 0.3) is 0 Å². The number of rotatable bonds is 6. The van der Waals surface area contributed by atoms with Crippen LogP contribution in [0.3, 0.4) is 0 Å². The summed E-state index contributed by atoms with van der Waals surface area (Å²) in [6.45, 7) is 1.62. The lowest BCUT2D eigenvalue weighted by atomic mass is 10.1. The van der Waals surface area contributed by atoms with E-state index in [1.54, 1.807) is 6.07 Å². The third kappa shape index (κ3) is 4.63. The highest BCUT2D eigenvalue weighted by molar-refractivity contribution is 5.89. The van der Waals surface area contributed by atoms with Gasteiger partial charge in [-0.05, 0) is 23.8 Å². The second-order valence-corrected chi connectivity index (χ2v) is 5.50. The minimum atomic E-state index is -0.497. The SMILES string of the molecule is CC(=O)Nc1cc(NCc2nc(Cc3ccccc3)no2)ccc1F. The molecule has 1 aromatic heterocycles. The summed E-state index contributed by atoms with van der Waals surface area (Å²) in [4.78, 5) is 15.4. The zero-order valence-corrected chi connectivity index (χ0v) is 13.6. The summed E-state index contributed by atoms with van der Waals surface area (Å²) >= 11 is 0. The van der Waals surface area contributed by atoms with Crippen LogP contribution in [0.15, 0.2) is 53.1 Å². The molecule has 1 heterocycles. The van der Waals surface area contributed by atoms with E-state index in [1.165, 1.54) is 19.1 Å². The smallest absolute Gasteiger partial charge is 0.245 e. The summed E-state index contributed by atoms with van der Waals surface area (Å²) in [6.07, 6.45) is 0.591. The summed E-state index contributed by atoms with van der Waals surface area (Å²) in [5.41, 5.74) is 1.85. The fourth-order valence-electron chi connectivity index (χ4n) is 2.31. The molecule has 0 atom stereocenters. The monoisotopic (exact) mass is 340 g/mol. The maximum absolute atomic E-state index is 13.6. The number of nitrogens with one attached hydrogen (secondary N) is 2. The quantitative estimate of drug-likeness (QED) is 0.719. The van der Waals surface area contributed by atoms with E-state index in [2.05, 4.69) is 20.8 Å². The molecule has 0 aliphatic rings. The molecule has 0 radical (unpaired) electrons. The van der Waals surface area contributed by atoms with Gasteiger partial charge in [0.1, 0.15) is 5.82 Å². The Labute approximate surface area is 144 Å². The standard InChI is InChI=1S/C18H17FN4O2/c1-12(24)21-16-10-14(7-8-15(16)19)20-11-18-22-17(23-25-18)9-13-5-3-2-4-6-13/h2-8,10,20H,9,11H2,1H3,(H,21,24). The van der Waals surface area contributed by atoms with Crippen molar-refractivity contribution in [3.63, 3.8) is 0 Å². The molecular formula is C18H17FN4O2. The first kappa shape index (κ1) is 16.6. The number of amides is 1. The van der Waals surface area contributed by atoms with Crippen LogP contribution in [0.1, 0.15) is 24.2 Å². The molecule has 0 unspecified atom stereocenters. The van der Waals surface area contributed by atoms with Gasteiger partial charge in [0, 0.05) is 19.0 Å². The first-order chi connectivity index (χ1) is 12.1. The highest BCUT2D eigenvalue weighted by Crippen LogP contribution is 2.20. The van der Waals surface area contributed by atoms with Crippen LogP contribution in [0, 0.1) is 5.82 Å². The molecule has 2 aromatic carbocycles. The Morgan fingerprint density at radius 3 is 2.76 bits per heavy atom. The average molecular weight is 340 g/mol. The summed E-state index contributed by atoms with van der Waals surface area (Å²) in [5.74, 6) is 0.194. The highest BCUT2D eigenvalue weighted by atomic mass is 19.1. The van der Waals surface area contributed by atoms with E-state index in [4.69, 9.17) is 4.52 Å².